The first-order valence-electron chi connectivity index (χ1n) is 3.43. The number of aromatic nitrogens is 3. The largest absolute Gasteiger partial charge is 0.294 e. The van der Waals surface area contributed by atoms with E-state index in [-0.39, 0.29) is 11.9 Å². The predicted molar refractivity (Wildman–Crippen MR) is 49.7 cm³/mol. The molecule has 1 rings (SSSR count). The number of thioether (sulfide) groups is 1. The minimum absolute atomic E-state index is 0.0755. The van der Waals surface area contributed by atoms with Crippen LogP contribution in [0, 0.1) is 0 Å². The smallest absolute Gasteiger partial charge is 0.271 e. The lowest BCUT2D eigenvalue weighted by Gasteiger charge is -1.99. The molecule has 0 aliphatic heterocycles. The second kappa shape index (κ2) is 4.61. The maximum atomic E-state index is 11.0. The third-order valence-electron chi connectivity index (χ3n) is 1.11. The molecule has 0 unspecified atom stereocenters. The molecule has 2 N–H and O–H groups in total. The van der Waals surface area contributed by atoms with Crippen molar-refractivity contribution in [1.82, 2.24) is 15.2 Å². The van der Waals surface area contributed by atoms with E-state index in [0.717, 1.165) is 6.20 Å². The Morgan fingerprint density at radius 1 is 1.77 bits per heavy atom. The molecule has 0 aliphatic rings. The fraction of sp³-hybridized carbons (Fsp3) is 0.333. The molecule has 1 amide bonds. The van der Waals surface area contributed by atoms with Crippen molar-refractivity contribution >= 4 is 23.6 Å². The molecule has 0 aromatic carbocycles. The fourth-order valence-corrected chi connectivity index (χ4v) is 1.00. The van der Waals surface area contributed by atoms with E-state index in [4.69, 9.17) is 0 Å². The van der Waals surface area contributed by atoms with Crippen LogP contribution in [0.15, 0.2) is 11.0 Å². The maximum Gasteiger partial charge on any atom is 0.271 e. The first kappa shape index (κ1) is 9.72. The van der Waals surface area contributed by atoms with Gasteiger partial charge in [0.05, 0.1) is 5.75 Å². The van der Waals surface area contributed by atoms with Crippen molar-refractivity contribution in [1.29, 1.82) is 0 Å². The molecule has 0 bridgehead atoms. The number of hydrogen-bond acceptors (Lipinski definition) is 5. The first-order chi connectivity index (χ1) is 6.22. The summed E-state index contributed by atoms with van der Waals surface area (Å²) in [6.45, 7) is 0. The third kappa shape index (κ3) is 3.24. The van der Waals surface area contributed by atoms with Crippen LogP contribution in [-0.4, -0.2) is 33.1 Å². The number of carbonyl (C=O) groups excluding carboxylic acids is 1. The monoisotopic (exact) mass is 200 g/mol. The van der Waals surface area contributed by atoms with Gasteiger partial charge in [0.1, 0.15) is 6.20 Å². The summed E-state index contributed by atoms with van der Waals surface area (Å²) >= 11 is 1.38. The van der Waals surface area contributed by atoms with Crippen LogP contribution in [0.3, 0.4) is 0 Å². The molecule has 0 aliphatic carbocycles. The Kier molecular flexibility index (Phi) is 3.44. The van der Waals surface area contributed by atoms with Crippen molar-refractivity contribution in [2.75, 3.05) is 17.3 Å². The van der Waals surface area contributed by atoms with Crippen LogP contribution in [0.2, 0.25) is 0 Å². The van der Waals surface area contributed by atoms with E-state index < -0.39 is 5.56 Å². The average molecular weight is 200 g/mol. The van der Waals surface area contributed by atoms with E-state index in [1.165, 1.54) is 11.8 Å². The summed E-state index contributed by atoms with van der Waals surface area (Å²) in [6, 6.07) is 0. The average Bonchev–Trinajstić information content (AvgIpc) is 2.04. The number of H-pyrrole nitrogens is 1. The highest BCUT2D eigenvalue weighted by atomic mass is 32.2. The van der Waals surface area contributed by atoms with E-state index in [0.29, 0.717) is 5.75 Å². The van der Waals surface area contributed by atoms with Gasteiger partial charge in [-0.15, -0.1) is 10.2 Å². The molecule has 0 fully saturated rings. The zero-order valence-corrected chi connectivity index (χ0v) is 7.72. The number of rotatable bonds is 3. The number of hydrogen-bond donors (Lipinski definition) is 2. The van der Waals surface area contributed by atoms with E-state index in [2.05, 4.69) is 20.5 Å². The summed E-state index contributed by atoms with van der Waals surface area (Å²) in [5.41, 5.74) is -0.394. The summed E-state index contributed by atoms with van der Waals surface area (Å²) in [6.07, 6.45) is 2.84. The highest BCUT2D eigenvalue weighted by Crippen LogP contribution is 1.94. The molecular formula is C6H8N4O2S. The van der Waals surface area contributed by atoms with Crippen LogP contribution >= 0.6 is 11.8 Å². The van der Waals surface area contributed by atoms with Crippen LogP contribution in [0.5, 0.6) is 0 Å². The molecule has 7 heteroatoms. The van der Waals surface area contributed by atoms with E-state index in [9.17, 15) is 9.59 Å². The minimum atomic E-state index is -0.394. The lowest BCUT2D eigenvalue weighted by atomic mass is 10.7. The summed E-state index contributed by atoms with van der Waals surface area (Å²) < 4.78 is 0. The zero-order chi connectivity index (χ0) is 9.68. The SMILES string of the molecule is CSCC(=O)Nc1nncc(=O)[nH]1. The van der Waals surface area contributed by atoms with Gasteiger partial charge >= 0.3 is 0 Å². The predicted octanol–water partition coefficient (Wildman–Crippen LogP) is -0.534. The number of anilines is 1. The van der Waals surface area contributed by atoms with Gasteiger partial charge in [0.15, 0.2) is 0 Å². The van der Waals surface area contributed by atoms with Crippen molar-refractivity contribution in [2.24, 2.45) is 0 Å². The van der Waals surface area contributed by atoms with Gasteiger partial charge in [-0.05, 0) is 6.26 Å². The lowest BCUT2D eigenvalue weighted by Crippen LogP contribution is -2.19. The molecule has 70 valence electrons. The normalized spacial score (nSPS) is 9.62. The van der Waals surface area contributed by atoms with Gasteiger partial charge in [0.25, 0.3) is 5.56 Å². The second-order valence-corrected chi connectivity index (χ2v) is 3.03. The van der Waals surface area contributed by atoms with Crippen molar-refractivity contribution in [3.05, 3.63) is 16.6 Å². The van der Waals surface area contributed by atoms with Gasteiger partial charge in [0.2, 0.25) is 11.9 Å². The molecule has 13 heavy (non-hydrogen) atoms. The van der Waals surface area contributed by atoms with Crippen LogP contribution < -0.4 is 10.9 Å². The molecule has 0 atom stereocenters. The second-order valence-electron chi connectivity index (χ2n) is 2.16. The molecule has 0 radical (unpaired) electrons. The highest BCUT2D eigenvalue weighted by Gasteiger charge is 2.02. The Balaban J connectivity index is 2.64. The molecule has 0 saturated carbocycles. The summed E-state index contributed by atoms with van der Waals surface area (Å²) in [5, 5.41) is 9.29. The Labute approximate surface area is 78.1 Å². The number of amides is 1. The number of aromatic amines is 1. The Morgan fingerprint density at radius 3 is 3.15 bits per heavy atom. The number of nitrogens with zero attached hydrogens (tertiary/aromatic N) is 2. The summed E-state index contributed by atoms with van der Waals surface area (Å²) in [4.78, 5) is 24.0. The molecule has 1 aromatic rings. The quantitative estimate of drug-likeness (QED) is 0.684. The lowest BCUT2D eigenvalue weighted by molar-refractivity contribution is -0.113. The van der Waals surface area contributed by atoms with E-state index >= 15 is 0 Å². The van der Waals surface area contributed by atoms with Gasteiger partial charge in [-0.25, -0.2) is 0 Å². The Morgan fingerprint density at radius 2 is 2.54 bits per heavy atom. The minimum Gasteiger partial charge on any atom is -0.294 e. The number of carbonyl (C=O) groups is 1. The summed E-state index contributed by atoms with van der Waals surface area (Å²) in [5.74, 6) is 0.175. The molecule has 1 aromatic heterocycles. The van der Waals surface area contributed by atoms with Crippen molar-refractivity contribution in [2.45, 2.75) is 0 Å². The molecule has 1 heterocycles. The van der Waals surface area contributed by atoms with Gasteiger partial charge in [-0.1, -0.05) is 0 Å². The fourth-order valence-electron chi connectivity index (χ4n) is 0.669. The summed E-state index contributed by atoms with van der Waals surface area (Å²) in [7, 11) is 0. The number of nitrogens with one attached hydrogen (secondary N) is 2. The maximum absolute atomic E-state index is 11.0. The first-order valence-corrected chi connectivity index (χ1v) is 4.82. The van der Waals surface area contributed by atoms with Crippen LogP contribution in [0.25, 0.3) is 0 Å². The third-order valence-corrected chi connectivity index (χ3v) is 1.66. The van der Waals surface area contributed by atoms with Crippen LogP contribution in [0.4, 0.5) is 5.95 Å². The highest BCUT2D eigenvalue weighted by molar-refractivity contribution is 7.99. The molecule has 0 saturated heterocycles. The zero-order valence-electron chi connectivity index (χ0n) is 6.90. The van der Waals surface area contributed by atoms with Crippen molar-refractivity contribution in [3.8, 4) is 0 Å². The van der Waals surface area contributed by atoms with Crippen LogP contribution in [0.1, 0.15) is 0 Å². The van der Waals surface area contributed by atoms with E-state index in [1.807, 2.05) is 0 Å². The van der Waals surface area contributed by atoms with Crippen molar-refractivity contribution < 1.29 is 4.79 Å². The Hall–Kier alpha value is -1.37. The van der Waals surface area contributed by atoms with Gasteiger partial charge in [0, 0.05) is 0 Å². The molecule has 0 spiro atoms. The van der Waals surface area contributed by atoms with Gasteiger partial charge in [-0.3, -0.25) is 19.9 Å². The van der Waals surface area contributed by atoms with E-state index in [1.54, 1.807) is 6.26 Å². The van der Waals surface area contributed by atoms with Gasteiger partial charge < -0.3 is 0 Å². The standard InChI is InChI=1S/C6H8N4O2S/c1-13-3-5(12)9-6-8-4(11)2-7-10-6/h2H,3H2,1H3,(H2,8,9,10,11,12). The Bertz CT molecular complexity index is 350. The molecule has 6 nitrogen and oxygen atoms in total. The van der Waals surface area contributed by atoms with Crippen molar-refractivity contribution in [3.63, 3.8) is 0 Å². The molecular weight excluding hydrogens is 192 g/mol. The topological polar surface area (TPSA) is 87.7 Å². The van der Waals surface area contributed by atoms with Gasteiger partial charge in [-0.2, -0.15) is 11.8 Å². The van der Waals surface area contributed by atoms with Crippen LogP contribution in [-0.2, 0) is 4.79 Å².